The molecule has 1 unspecified atom stereocenters. The highest BCUT2D eigenvalue weighted by atomic mass is 35.5. The molecule has 2 aromatic carbocycles. The van der Waals surface area contributed by atoms with Crippen LogP contribution >= 0.6 is 11.6 Å². The van der Waals surface area contributed by atoms with Crippen molar-refractivity contribution in [3.8, 4) is 0 Å². The van der Waals surface area contributed by atoms with Crippen molar-refractivity contribution >= 4 is 23.4 Å². The van der Waals surface area contributed by atoms with Gasteiger partial charge in [0, 0.05) is 34.8 Å². The summed E-state index contributed by atoms with van der Waals surface area (Å²) >= 11 is 6.52. The zero-order valence-corrected chi connectivity index (χ0v) is 16.2. The third-order valence-electron chi connectivity index (χ3n) is 4.80. The summed E-state index contributed by atoms with van der Waals surface area (Å²) in [5.41, 5.74) is 4.14. The van der Waals surface area contributed by atoms with Gasteiger partial charge in [0.05, 0.1) is 12.2 Å². The van der Waals surface area contributed by atoms with E-state index in [4.69, 9.17) is 16.3 Å². The van der Waals surface area contributed by atoms with Crippen molar-refractivity contribution in [2.45, 2.75) is 19.3 Å². The Bertz CT molecular complexity index is 1030. The van der Waals surface area contributed by atoms with Crippen LogP contribution in [0.15, 0.2) is 72.1 Å². The normalized spacial score (nSPS) is 15.7. The lowest BCUT2D eigenvalue weighted by atomic mass is 9.81. The lowest BCUT2D eigenvalue weighted by Gasteiger charge is -2.29. The van der Waals surface area contributed by atoms with Gasteiger partial charge in [-0.1, -0.05) is 60.1 Å². The van der Waals surface area contributed by atoms with Crippen LogP contribution in [0.3, 0.4) is 0 Å². The van der Waals surface area contributed by atoms with Gasteiger partial charge >= 0.3 is 5.97 Å². The number of esters is 1. The van der Waals surface area contributed by atoms with Gasteiger partial charge in [0.15, 0.2) is 5.82 Å². The van der Waals surface area contributed by atoms with Crippen LogP contribution < -0.4 is 5.32 Å². The van der Waals surface area contributed by atoms with Gasteiger partial charge in [-0.3, -0.25) is 5.10 Å². The number of fused-ring (bicyclic) bond motifs is 1. The highest BCUT2D eigenvalue weighted by Gasteiger charge is 2.36. The first kappa shape index (κ1) is 18.3. The van der Waals surface area contributed by atoms with Crippen molar-refractivity contribution in [2.75, 3.05) is 11.9 Å². The van der Waals surface area contributed by atoms with Crippen molar-refractivity contribution in [2.24, 2.45) is 0 Å². The molecule has 0 spiro atoms. The standard InChI is InChI=1S/C22H20ClN3O2/c1-2-28-22(27)20-18(12-14-8-4-3-5-9-14)25-21-16(13-24-26-21)19(20)15-10-6-7-11-17(15)23/h3-11,13,19H,2,12H2,1H3,(H2,24,25,26). The lowest BCUT2D eigenvalue weighted by molar-refractivity contribution is -0.138. The molecule has 1 atom stereocenters. The summed E-state index contributed by atoms with van der Waals surface area (Å²) in [5.74, 6) is -0.0111. The minimum atomic E-state index is -0.360. The Labute approximate surface area is 168 Å². The van der Waals surface area contributed by atoms with Crippen LogP contribution in [0.2, 0.25) is 5.02 Å². The zero-order valence-electron chi connectivity index (χ0n) is 15.4. The third-order valence-corrected chi connectivity index (χ3v) is 5.14. The quantitative estimate of drug-likeness (QED) is 0.617. The molecule has 0 radical (unpaired) electrons. The maximum atomic E-state index is 13.0. The van der Waals surface area contributed by atoms with Crippen molar-refractivity contribution in [3.05, 3.63) is 93.8 Å². The molecule has 0 bridgehead atoms. The molecular formula is C22H20ClN3O2. The van der Waals surface area contributed by atoms with Gasteiger partial charge in [0.2, 0.25) is 0 Å². The van der Waals surface area contributed by atoms with Crippen LogP contribution in [0.1, 0.15) is 29.5 Å². The van der Waals surface area contributed by atoms with Crippen LogP contribution in [0.4, 0.5) is 5.82 Å². The predicted molar refractivity (Wildman–Crippen MR) is 109 cm³/mol. The fourth-order valence-electron chi connectivity index (χ4n) is 3.58. The van der Waals surface area contributed by atoms with E-state index in [2.05, 4.69) is 15.5 Å². The van der Waals surface area contributed by atoms with Gasteiger partial charge in [-0.05, 0) is 24.1 Å². The molecule has 0 aliphatic carbocycles. The predicted octanol–water partition coefficient (Wildman–Crippen LogP) is 4.68. The van der Waals surface area contributed by atoms with E-state index in [1.165, 1.54) is 0 Å². The number of ether oxygens (including phenoxy) is 1. The Hall–Kier alpha value is -3.05. The van der Waals surface area contributed by atoms with Crippen molar-refractivity contribution in [1.82, 2.24) is 10.2 Å². The molecule has 0 amide bonds. The molecule has 0 saturated carbocycles. The number of hydrogen-bond acceptors (Lipinski definition) is 4. The summed E-state index contributed by atoms with van der Waals surface area (Å²) in [5, 5.41) is 11.2. The minimum absolute atomic E-state index is 0.300. The van der Waals surface area contributed by atoms with Gasteiger partial charge in [-0.2, -0.15) is 5.10 Å². The molecule has 2 heterocycles. The van der Waals surface area contributed by atoms with Gasteiger partial charge < -0.3 is 10.1 Å². The molecule has 6 heteroatoms. The lowest BCUT2D eigenvalue weighted by Crippen LogP contribution is -2.26. The van der Waals surface area contributed by atoms with E-state index in [1.54, 1.807) is 13.1 Å². The average Bonchev–Trinajstić information content (AvgIpc) is 3.17. The topological polar surface area (TPSA) is 67.0 Å². The number of rotatable bonds is 5. The van der Waals surface area contributed by atoms with Gasteiger partial charge in [-0.25, -0.2) is 4.79 Å². The van der Waals surface area contributed by atoms with Crippen molar-refractivity contribution in [3.63, 3.8) is 0 Å². The first-order chi connectivity index (χ1) is 13.7. The van der Waals surface area contributed by atoms with Crippen LogP contribution in [0.25, 0.3) is 0 Å². The van der Waals surface area contributed by atoms with Gasteiger partial charge in [-0.15, -0.1) is 0 Å². The third kappa shape index (κ3) is 3.41. The highest BCUT2D eigenvalue weighted by molar-refractivity contribution is 6.31. The van der Waals surface area contributed by atoms with Crippen molar-refractivity contribution < 1.29 is 9.53 Å². The summed E-state index contributed by atoms with van der Waals surface area (Å²) in [6.45, 7) is 2.10. The summed E-state index contributed by atoms with van der Waals surface area (Å²) in [7, 11) is 0. The summed E-state index contributed by atoms with van der Waals surface area (Å²) < 4.78 is 5.42. The van der Waals surface area contributed by atoms with E-state index in [9.17, 15) is 4.79 Å². The fourth-order valence-corrected chi connectivity index (χ4v) is 3.83. The number of aromatic nitrogens is 2. The second-order valence-corrected chi connectivity index (χ2v) is 6.95. The number of carbonyl (C=O) groups is 1. The molecule has 1 aliphatic rings. The number of nitrogens with one attached hydrogen (secondary N) is 2. The van der Waals surface area contributed by atoms with E-state index in [-0.39, 0.29) is 11.9 Å². The van der Waals surface area contributed by atoms with E-state index in [1.807, 2.05) is 54.6 Å². The largest absolute Gasteiger partial charge is 0.463 e. The van der Waals surface area contributed by atoms with Crippen LogP contribution in [-0.2, 0) is 16.0 Å². The SMILES string of the molecule is CCOC(=O)C1=C(Cc2ccccc2)Nc2n[nH]cc2C1c1ccccc1Cl. The molecule has 0 saturated heterocycles. The molecule has 1 aromatic heterocycles. The second kappa shape index (κ2) is 7.90. The maximum absolute atomic E-state index is 13.0. The molecule has 3 aromatic rings. The number of allylic oxidation sites excluding steroid dienone is 1. The van der Waals surface area contributed by atoms with Gasteiger partial charge in [0.25, 0.3) is 0 Å². The van der Waals surface area contributed by atoms with Crippen LogP contribution in [0, 0.1) is 0 Å². The molecule has 28 heavy (non-hydrogen) atoms. The molecular weight excluding hydrogens is 374 g/mol. The fraction of sp³-hybridized carbons (Fsp3) is 0.182. The molecule has 142 valence electrons. The number of halogens is 1. The summed E-state index contributed by atoms with van der Waals surface area (Å²) in [6, 6.07) is 17.6. The first-order valence-corrected chi connectivity index (χ1v) is 9.56. The smallest absolute Gasteiger partial charge is 0.336 e. The molecule has 4 rings (SSSR count). The maximum Gasteiger partial charge on any atom is 0.336 e. The number of nitrogens with zero attached hydrogens (tertiary/aromatic N) is 1. The van der Waals surface area contributed by atoms with E-state index in [0.29, 0.717) is 29.4 Å². The highest BCUT2D eigenvalue weighted by Crippen LogP contribution is 2.44. The molecule has 2 N–H and O–H groups in total. The number of carbonyl (C=O) groups excluding carboxylic acids is 1. The average molecular weight is 394 g/mol. The molecule has 0 fully saturated rings. The summed E-state index contributed by atoms with van der Waals surface area (Å²) in [4.78, 5) is 13.0. The Balaban J connectivity index is 1.89. The Morgan fingerprint density at radius 1 is 1.11 bits per heavy atom. The molecule has 5 nitrogen and oxygen atoms in total. The van der Waals surface area contributed by atoms with Crippen LogP contribution in [0.5, 0.6) is 0 Å². The Morgan fingerprint density at radius 2 is 1.86 bits per heavy atom. The van der Waals surface area contributed by atoms with E-state index < -0.39 is 0 Å². The van der Waals surface area contributed by atoms with Crippen LogP contribution in [-0.4, -0.2) is 22.8 Å². The van der Waals surface area contributed by atoms with Crippen molar-refractivity contribution in [1.29, 1.82) is 0 Å². The summed E-state index contributed by atoms with van der Waals surface area (Å²) in [6.07, 6.45) is 2.36. The second-order valence-electron chi connectivity index (χ2n) is 6.54. The number of benzene rings is 2. The monoisotopic (exact) mass is 393 g/mol. The first-order valence-electron chi connectivity index (χ1n) is 9.18. The van der Waals surface area contributed by atoms with E-state index in [0.717, 1.165) is 22.4 Å². The Morgan fingerprint density at radius 3 is 2.61 bits per heavy atom. The Kier molecular flexibility index (Phi) is 5.17. The number of H-pyrrole nitrogens is 1. The van der Waals surface area contributed by atoms with E-state index >= 15 is 0 Å². The number of aromatic amines is 1. The number of hydrogen-bond donors (Lipinski definition) is 2. The minimum Gasteiger partial charge on any atom is -0.463 e. The van der Waals surface area contributed by atoms with Gasteiger partial charge in [0.1, 0.15) is 0 Å². The zero-order chi connectivity index (χ0) is 19.5. The number of anilines is 1. The molecule has 1 aliphatic heterocycles.